The van der Waals surface area contributed by atoms with Gasteiger partial charge in [0, 0.05) is 19.1 Å². The summed E-state index contributed by atoms with van der Waals surface area (Å²) in [7, 11) is -3.77. The number of amides is 1. The van der Waals surface area contributed by atoms with Crippen LogP contribution in [0.15, 0.2) is 53.4 Å². The summed E-state index contributed by atoms with van der Waals surface area (Å²) in [6, 6.07) is 13.2. The van der Waals surface area contributed by atoms with Crippen LogP contribution >= 0.6 is 0 Å². The van der Waals surface area contributed by atoms with Crippen molar-refractivity contribution in [3.8, 4) is 0 Å². The van der Waals surface area contributed by atoms with E-state index < -0.39 is 10.0 Å². The zero-order valence-corrected chi connectivity index (χ0v) is 15.5. The number of hydrogen-bond acceptors (Lipinski definition) is 4. The number of nitrogens with one attached hydrogen (secondary N) is 1. The number of benzene rings is 2. The Hall–Kier alpha value is -2.38. The van der Waals surface area contributed by atoms with Crippen LogP contribution in [0, 0.1) is 6.92 Å². The molecule has 2 aromatic rings. The number of carbonyl (C=O) groups is 1. The maximum atomic E-state index is 12.9. The first-order chi connectivity index (χ1) is 12.4. The lowest BCUT2D eigenvalue weighted by Gasteiger charge is -2.31. The number of carbonyl (C=O) groups excluding carboxylic acids is 1. The molecule has 0 aliphatic carbocycles. The molecule has 1 unspecified atom stereocenters. The molecule has 1 heterocycles. The number of piperidine rings is 1. The molecule has 6 nitrogen and oxygen atoms in total. The lowest BCUT2D eigenvalue weighted by atomic mass is 10.0. The van der Waals surface area contributed by atoms with E-state index in [0.717, 1.165) is 18.4 Å². The molecule has 0 bridgehead atoms. The molecule has 1 aliphatic rings. The van der Waals surface area contributed by atoms with Gasteiger partial charge in [0.05, 0.1) is 16.1 Å². The third-order valence-corrected chi connectivity index (χ3v) is 5.86. The van der Waals surface area contributed by atoms with Gasteiger partial charge in [0.25, 0.3) is 15.9 Å². The molecule has 1 amide bonds. The first kappa shape index (κ1) is 18.4. The van der Waals surface area contributed by atoms with Crippen molar-refractivity contribution in [3.63, 3.8) is 0 Å². The Morgan fingerprint density at radius 2 is 1.85 bits per heavy atom. The normalized spacial score (nSPS) is 17.8. The minimum Gasteiger partial charge on any atom is -0.337 e. The Bertz CT molecular complexity index is 895. The van der Waals surface area contributed by atoms with Crippen molar-refractivity contribution < 1.29 is 13.2 Å². The fraction of sp³-hybridized carbons (Fsp3) is 0.316. The highest BCUT2D eigenvalue weighted by Crippen LogP contribution is 2.23. The van der Waals surface area contributed by atoms with E-state index in [0.29, 0.717) is 18.7 Å². The Labute approximate surface area is 154 Å². The fourth-order valence-electron chi connectivity index (χ4n) is 3.04. The van der Waals surface area contributed by atoms with Crippen molar-refractivity contribution in [1.82, 2.24) is 4.90 Å². The first-order valence-electron chi connectivity index (χ1n) is 8.60. The monoisotopic (exact) mass is 373 g/mol. The van der Waals surface area contributed by atoms with Gasteiger partial charge in [-0.1, -0.05) is 29.8 Å². The molecule has 1 saturated heterocycles. The quantitative estimate of drug-likeness (QED) is 0.860. The molecular formula is C19H23N3O3S. The maximum Gasteiger partial charge on any atom is 0.261 e. The van der Waals surface area contributed by atoms with Crippen molar-refractivity contribution in [2.24, 2.45) is 5.73 Å². The minimum atomic E-state index is -3.77. The van der Waals surface area contributed by atoms with Crippen molar-refractivity contribution in [1.29, 1.82) is 0 Å². The zero-order chi connectivity index (χ0) is 18.7. The largest absolute Gasteiger partial charge is 0.337 e. The smallest absolute Gasteiger partial charge is 0.261 e. The molecule has 26 heavy (non-hydrogen) atoms. The highest BCUT2D eigenvalue weighted by atomic mass is 32.2. The van der Waals surface area contributed by atoms with E-state index in [1.54, 1.807) is 53.4 Å². The van der Waals surface area contributed by atoms with Gasteiger partial charge < -0.3 is 10.6 Å². The average molecular weight is 373 g/mol. The predicted octanol–water partition coefficient (Wildman–Crippen LogP) is 2.36. The van der Waals surface area contributed by atoms with Crippen molar-refractivity contribution in [2.75, 3.05) is 17.8 Å². The van der Waals surface area contributed by atoms with Crippen LogP contribution in [-0.4, -0.2) is 38.4 Å². The second-order valence-electron chi connectivity index (χ2n) is 6.62. The lowest BCUT2D eigenvalue weighted by Crippen LogP contribution is -2.45. The summed E-state index contributed by atoms with van der Waals surface area (Å²) in [6.45, 7) is 3.00. The maximum absolute atomic E-state index is 12.9. The second-order valence-corrected chi connectivity index (χ2v) is 8.30. The summed E-state index contributed by atoms with van der Waals surface area (Å²) in [5.74, 6) is -0.206. The van der Waals surface area contributed by atoms with Crippen LogP contribution < -0.4 is 10.5 Å². The number of para-hydroxylation sites is 1. The standard InChI is InChI=1S/C19H23N3O3S/c1-14-8-10-16(11-9-14)26(24,25)21-18-7-3-2-6-17(18)19(23)22-12-4-5-15(20)13-22/h2-3,6-11,15,21H,4-5,12-13,20H2,1H3. The van der Waals surface area contributed by atoms with E-state index in [4.69, 9.17) is 5.73 Å². The van der Waals surface area contributed by atoms with Crippen LogP contribution in [0.4, 0.5) is 5.69 Å². The third kappa shape index (κ3) is 4.05. The van der Waals surface area contributed by atoms with Crippen LogP contribution in [0.5, 0.6) is 0 Å². The average Bonchev–Trinajstić information content (AvgIpc) is 2.62. The molecule has 0 aromatic heterocycles. The fourth-order valence-corrected chi connectivity index (χ4v) is 4.12. The molecular weight excluding hydrogens is 350 g/mol. The van der Waals surface area contributed by atoms with Gasteiger partial charge in [-0.2, -0.15) is 0 Å². The number of sulfonamides is 1. The molecule has 1 aliphatic heterocycles. The Kier molecular flexibility index (Phi) is 5.29. The van der Waals surface area contributed by atoms with Crippen LogP contribution in [0.25, 0.3) is 0 Å². The molecule has 3 rings (SSSR count). The van der Waals surface area contributed by atoms with Crippen LogP contribution in [0.2, 0.25) is 0 Å². The lowest BCUT2D eigenvalue weighted by molar-refractivity contribution is 0.0710. The van der Waals surface area contributed by atoms with Gasteiger partial charge in [-0.05, 0) is 44.0 Å². The second kappa shape index (κ2) is 7.47. The summed E-state index contributed by atoms with van der Waals surface area (Å²) in [6.07, 6.45) is 1.75. The SMILES string of the molecule is Cc1ccc(S(=O)(=O)Nc2ccccc2C(=O)N2CCCC(N)C2)cc1. The van der Waals surface area contributed by atoms with Crippen LogP contribution in [0.3, 0.4) is 0 Å². The van der Waals surface area contributed by atoms with Crippen LogP contribution in [-0.2, 0) is 10.0 Å². The van der Waals surface area contributed by atoms with Gasteiger partial charge >= 0.3 is 0 Å². The Balaban J connectivity index is 1.87. The topological polar surface area (TPSA) is 92.5 Å². The summed E-state index contributed by atoms with van der Waals surface area (Å²) in [5, 5.41) is 0. The van der Waals surface area contributed by atoms with E-state index in [1.165, 1.54) is 0 Å². The van der Waals surface area contributed by atoms with Crippen molar-refractivity contribution in [3.05, 3.63) is 59.7 Å². The summed E-state index contributed by atoms with van der Waals surface area (Å²) >= 11 is 0. The van der Waals surface area contributed by atoms with Gasteiger partial charge in [-0.15, -0.1) is 0 Å². The molecule has 0 spiro atoms. The summed E-state index contributed by atoms with van der Waals surface area (Å²) < 4.78 is 27.9. The van der Waals surface area contributed by atoms with Gasteiger partial charge in [0.2, 0.25) is 0 Å². The number of rotatable bonds is 4. The van der Waals surface area contributed by atoms with Crippen molar-refractivity contribution >= 4 is 21.6 Å². The molecule has 0 radical (unpaired) electrons. The minimum absolute atomic E-state index is 0.0379. The third-order valence-electron chi connectivity index (χ3n) is 4.48. The summed E-state index contributed by atoms with van der Waals surface area (Å²) in [4.78, 5) is 14.7. The number of nitrogens with zero attached hydrogens (tertiary/aromatic N) is 1. The molecule has 138 valence electrons. The Morgan fingerprint density at radius 3 is 2.54 bits per heavy atom. The number of aryl methyl sites for hydroxylation is 1. The highest BCUT2D eigenvalue weighted by molar-refractivity contribution is 7.92. The highest BCUT2D eigenvalue weighted by Gasteiger charge is 2.25. The number of nitrogens with two attached hydrogens (primary N) is 1. The van der Waals surface area contributed by atoms with Crippen LogP contribution in [0.1, 0.15) is 28.8 Å². The first-order valence-corrected chi connectivity index (χ1v) is 10.1. The molecule has 0 saturated carbocycles. The number of anilines is 1. The van der Waals surface area contributed by atoms with E-state index in [-0.39, 0.29) is 22.5 Å². The molecule has 2 aromatic carbocycles. The molecule has 1 atom stereocenters. The van der Waals surface area contributed by atoms with Gasteiger partial charge in [0.15, 0.2) is 0 Å². The van der Waals surface area contributed by atoms with Gasteiger partial charge in [-0.3, -0.25) is 9.52 Å². The molecule has 7 heteroatoms. The Morgan fingerprint density at radius 1 is 1.15 bits per heavy atom. The van der Waals surface area contributed by atoms with E-state index in [1.807, 2.05) is 6.92 Å². The number of likely N-dealkylation sites (tertiary alicyclic amines) is 1. The molecule has 1 fully saturated rings. The predicted molar refractivity (Wildman–Crippen MR) is 102 cm³/mol. The van der Waals surface area contributed by atoms with Crippen molar-refractivity contribution in [2.45, 2.75) is 30.7 Å². The van der Waals surface area contributed by atoms with Gasteiger partial charge in [0.1, 0.15) is 0 Å². The van der Waals surface area contributed by atoms with E-state index >= 15 is 0 Å². The number of hydrogen-bond donors (Lipinski definition) is 2. The summed E-state index contributed by atoms with van der Waals surface area (Å²) in [5.41, 5.74) is 7.54. The van der Waals surface area contributed by atoms with E-state index in [9.17, 15) is 13.2 Å². The van der Waals surface area contributed by atoms with Gasteiger partial charge in [-0.25, -0.2) is 8.42 Å². The zero-order valence-electron chi connectivity index (χ0n) is 14.7. The molecule has 3 N–H and O–H groups in total. The van der Waals surface area contributed by atoms with E-state index in [2.05, 4.69) is 4.72 Å².